The number of hydrogen-bond acceptors (Lipinski definition) is 4. The van der Waals surface area contributed by atoms with Crippen molar-refractivity contribution < 1.29 is 14.3 Å². The predicted molar refractivity (Wildman–Crippen MR) is 98.9 cm³/mol. The molecule has 132 valence electrons. The monoisotopic (exact) mass is 357 g/mol. The molecule has 1 aliphatic carbocycles. The normalized spacial score (nSPS) is 19.0. The van der Waals surface area contributed by atoms with Gasteiger partial charge in [0.15, 0.2) is 17.6 Å². The van der Waals surface area contributed by atoms with Crippen LogP contribution in [0.15, 0.2) is 30.3 Å². The quantitative estimate of drug-likeness (QED) is 0.781. The van der Waals surface area contributed by atoms with Crippen molar-refractivity contribution in [2.24, 2.45) is 0 Å². The fraction of sp³-hybridized carbons (Fsp3) is 0.450. The first-order valence-electron chi connectivity index (χ1n) is 8.96. The Morgan fingerprint density at radius 1 is 1.20 bits per heavy atom. The molecule has 0 spiro atoms. The summed E-state index contributed by atoms with van der Waals surface area (Å²) in [6, 6.07) is 9.77. The average Bonchev–Trinajstić information content (AvgIpc) is 2.91. The molecular weight excluding hydrogens is 334 g/mol. The van der Waals surface area contributed by atoms with Crippen molar-refractivity contribution >= 4 is 17.2 Å². The number of ether oxygens (including phenoxy) is 2. The van der Waals surface area contributed by atoms with Crippen LogP contribution < -0.4 is 9.47 Å². The Morgan fingerprint density at radius 3 is 2.88 bits per heavy atom. The van der Waals surface area contributed by atoms with E-state index in [0.29, 0.717) is 13.2 Å². The van der Waals surface area contributed by atoms with Gasteiger partial charge in [-0.05, 0) is 49.4 Å². The molecule has 2 aromatic rings. The highest BCUT2D eigenvalue weighted by atomic mass is 32.1. The number of carbonyl (C=O) groups is 1. The number of benzene rings is 1. The number of rotatable bonds is 3. The summed E-state index contributed by atoms with van der Waals surface area (Å²) in [6.07, 6.45) is 5.86. The maximum Gasteiger partial charge on any atom is 0.263 e. The SMILES string of the molecule is CN(CC1COc2ccccc2O1)C(=O)c1cc2c(s1)CCCCC2. The molecule has 2 heterocycles. The van der Waals surface area contributed by atoms with Crippen LogP contribution in [0.1, 0.15) is 39.4 Å². The molecule has 1 amide bonds. The number of thiophene rings is 1. The average molecular weight is 357 g/mol. The van der Waals surface area contributed by atoms with Gasteiger partial charge in [-0.2, -0.15) is 0 Å². The summed E-state index contributed by atoms with van der Waals surface area (Å²) in [5.41, 5.74) is 1.38. The molecule has 1 unspecified atom stereocenters. The van der Waals surface area contributed by atoms with Crippen LogP contribution in [0.5, 0.6) is 11.5 Å². The van der Waals surface area contributed by atoms with Crippen LogP contribution in [0.4, 0.5) is 0 Å². The summed E-state index contributed by atoms with van der Waals surface area (Å²) in [5.74, 6) is 1.61. The van der Waals surface area contributed by atoms with Crippen molar-refractivity contribution in [1.82, 2.24) is 4.90 Å². The lowest BCUT2D eigenvalue weighted by Crippen LogP contribution is -2.41. The standard InChI is InChI=1S/C20H23NO3S/c1-21(12-15-13-23-16-8-5-6-9-17(16)24-15)20(22)19-11-14-7-3-2-4-10-18(14)25-19/h5-6,8-9,11,15H,2-4,7,10,12-13H2,1H3. The van der Waals surface area contributed by atoms with Crippen LogP contribution >= 0.6 is 11.3 Å². The van der Waals surface area contributed by atoms with E-state index in [4.69, 9.17) is 9.47 Å². The van der Waals surface area contributed by atoms with E-state index in [0.717, 1.165) is 29.2 Å². The number of nitrogens with zero attached hydrogens (tertiary/aromatic N) is 1. The number of aryl methyl sites for hydroxylation is 2. The Morgan fingerprint density at radius 2 is 2.00 bits per heavy atom. The molecule has 0 N–H and O–H groups in total. The number of fused-ring (bicyclic) bond motifs is 2. The minimum absolute atomic E-state index is 0.0838. The van der Waals surface area contributed by atoms with Crippen molar-refractivity contribution in [2.75, 3.05) is 20.2 Å². The number of hydrogen-bond donors (Lipinski definition) is 0. The summed E-state index contributed by atoms with van der Waals surface area (Å²) in [7, 11) is 1.84. The van der Waals surface area contributed by atoms with Gasteiger partial charge in [-0.1, -0.05) is 18.6 Å². The van der Waals surface area contributed by atoms with Gasteiger partial charge in [-0.3, -0.25) is 4.79 Å². The van der Waals surface area contributed by atoms with Crippen molar-refractivity contribution in [1.29, 1.82) is 0 Å². The molecule has 0 fully saturated rings. The zero-order valence-electron chi connectivity index (χ0n) is 14.5. The molecule has 1 aliphatic heterocycles. The van der Waals surface area contributed by atoms with E-state index in [1.165, 1.54) is 29.7 Å². The van der Waals surface area contributed by atoms with Crippen molar-refractivity contribution in [3.05, 3.63) is 45.6 Å². The molecular formula is C20H23NO3S. The van der Waals surface area contributed by atoms with Crippen molar-refractivity contribution in [3.8, 4) is 11.5 Å². The zero-order chi connectivity index (χ0) is 17.2. The zero-order valence-corrected chi connectivity index (χ0v) is 15.3. The van der Waals surface area contributed by atoms with E-state index in [1.54, 1.807) is 16.2 Å². The third-order valence-electron chi connectivity index (χ3n) is 4.85. The Bertz CT molecular complexity index is 747. The summed E-state index contributed by atoms with van der Waals surface area (Å²) in [6.45, 7) is 0.991. The number of para-hydroxylation sites is 2. The summed E-state index contributed by atoms with van der Waals surface area (Å²) >= 11 is 1.67. The largest absolute Gasteiger partial charge is 0.486 e. The van der Waals surface area contributed by atoms with Crippen LogP contribution in [0.2, 0.25) is 0 Å². The number of carbonyl (C=O) groups excluding carboxylic acids is 1. The van der Waals surface area contributed by atoms with Gasteiger partial charge in [0.25, 0.3) is 5.91 Å². The topological polar surface area (TPSA) is 38.8 Å². The molecule has 4 rings (SSSR count). The molecule has 1 aromatic carbocycles. The van der Waals surface area contributed by atoms with Gasteiger partial charge in [-0.25, -0.2) is 0 Å². The first-order chi connectivity index (χ1) is 12.2. The lowest BCUT2D eigenvalue weighted by molar-refractivity contribution is 0.0524. The third kappa shape index (κ3) is 3.52. The second-order valence-electron chi connectivity index (χ2n) is 6.80. The van der Waals surface area contributed by atoms with Gasteiger partial charge in [-0.15, -0.1) is 11.3 Å². The van der Waals surface area contributed by atoms with Gasteiger partial charge >= 0.3 is 0 Å². The fourth-order valence-corrected chi connectivity index (χ4v) is 4.75. The van der Waals surface area contributed by atoms with E-state index < -0.39 is 0 Å². The molecule has 1 aromatic heterocycles. The minimum Gasteiger partial charge on any atom is -0.486 e. The smallest absolute Gasteiger partial charge is 0.263 e. The summed E-state index contributed by atoms with van der Waals surface area (Å²) in [5, 5.41) is 0. The highest BCUT2D eigenvalue weighted by Gasteiger charge is 2.25. The minimum atomic E-state index is -0.137. The molecule has 25 heavy (non-hydrogen) atoms. The van der Waals surface area contributed by atoms with Crippen molar-refractivity contribution in [3.63, 3.8) is 0 Å². The third-order valence-corrected chi connectivity index (χ3v) is 6.07. The second-order valence-corrected chi connectivity index (χ2v) is 7.94. The Hall–Kier alpha value is -2.01. The van der Waals surface area contributed by atoms with Crippen LogP contribution in [0.3, 0.4) is 0 Å². The maximum absolute atomic E-state index is 12.8. The highest BCUT2D eigenvalue weighted by molar-refractivity contribution is 7.14. The Balaban J connectivity index is 1.41. The fourth-order valence-electron chi connectivity index (χ4n) is 3.50. The Labute approximate surface area is 152 Å². The van der Waals surface area contributed by atoms with Crippen LogP contribution in [-0.2, 0) is 12.8 Å². The van der Waals surface area contributed by atoms with E-state index in [-0.39, 0.29) is 12.0 Å². The van der Waals surface area contributed by atoms with Gasteiger partial charge in [0.05, 0.1) is 11.4 Å². The number of likely N-dealkylation sites (N-methyl/N-ethyl adjacent to an activating group) is 1. The second kappa shape index (κ2) is 7.08. The molecule has 1 atom stereocenters. The van der Waals surface area contributed by atoms with Crippen LogP contribution in [0, 0.1) is 0 Å². The van der Waals surface area contributed by atoms with Crippen LogP contribution in [-0.4, -0.2) is 37.1 Å². The first kappa shape index (κ1) is 16.5. The summed E-state index contributed by atoms with van der Waals surface area (Å²) < 4.78 is 11.7. The Kier molecular flexibility index (Phi) is 4.66. The van der Waals surface area contributed by atoms with E-state index >= 15 is 0 Å². The van der Waals surface area contributed by atoms with Gasteiger partial charge < -0.3 is 14.4 Å². The first-order valence-corrected chi connectivity index (χ1v) is 9.78. The maximum atomic E-state index is 12.8. The molecule has 0 radical (unpaired) electrons. The van der Waals surface area contributed by atoms with E-state index in [1.807, 2.05) is 31.3 Å². The molecule has 0 bridgehead atoms. The molecule has 0 saturated carbocycles. The molecule has 5 heteroatoms. The van der Waals surface area contributed by atoms with Gasteiger partial charge in [0, 0.05) is 11.9 Å². The lowest BCUT2D eigenvalue weighted by Gasteiger charge is -2.29. The van der Waals surface area contributed by atoms with Gasteiger partial charge in [0.1, 0.15) is 6.61 Å². The molecule has 4 nitrogen and oxygen atoms in total. The molecule has 2 aliphatic rings. The highest BCUT2D eigenvalue weighted by Crippen LogP contribution is 2.32. The number of amides is 1. The van der Waals surface area contributed by atoms with Crippen molar-refractivity contribution in [2.45, 2.75) is 38.2 Å². The summed E-state index contributed by atoms with van der Waals surface area (Å²) in [4.78, 5) is 16.8. The van der Waals surface area contributed by atoms with Gasteiger partial charge in [0.2, 0.25) is 0 Å². The van der Waals surface area contributed by atoms with Crippen LogP contribution in [0.25, 0.3) is 0 Å². The lowest BCUT2D eigenvalue weighted by atomic mass is 10.1. The van der Waals surface area contributed by atoms with E-state index in [2.05, 4.69) is 6.07 Å². The molecule has 0 saturated heterocycles. The predicted octanol–water partition coefficient (Wildman–Crippen LogP) is 3.93. The van der Waals surface area contributed by atoms with E-state index in [9.17, 15) is 4.79 Å².